The van der Waals surface area contributed by atoms with Gasteiger partial charge in [-0.05, 0) is 71.9 Å². The number of halogens is 1. The van der Waals surface area contributed by atoms with Gasteiger partial charge in [0.2, 0.25) is 5.91 Å². The maximum atomic E-state index is 15.6. The maximum Gasteiger partial charge on any atom is 0.244 e. The summed E-state index contributed by atoms with van der Waals surface area (Å²) in [5.41, 5.74) is 10.0. The summed E-state index contributed by atoms with van der Waals surface area (Å²) in [5.74, 6) is 0.728. The number of nitrogens with zero attached hydrogens (tertiary/aromatic N) is 3. The molecule has 1 saturated carbocycles. The molecule has 0 aromatic heterocycles. The van der Waals surface area contributed by atoms with E-state index >= 15 is 4.39 Å². The van der Waals surface area contributed by atoms with E-state index in [2.05, 4.69) is 42.2 Å². The number of likely N-dealkylation sites (tertiary alicyclic amines) is 1. The molecule has 6 nitrogen and oxygen atoms in total. The van der Waals surface area contributed by atoms with Crippen LogP contribution >= 0.6 is 0 Å². The molecule has 1 amide bonds. The number of nitrogens with two attached hydrogens (primary N) is 1. The Morgan fingerprint density at radius 3 is 2.42 bits per heavy atom. The molecule has 2 aromatic carbocycles. The second kappa shape index (κ2) is 10.8. The molecule has 2 saturated heterocycles. The SMILES string of the molecule is CCc1ccc(CN2CC3C(C2)C3CC2(c3ccc(N4CCOCC4)c(F)c3)CC(C(N)=O)=CC=C2C#N)cc1. The Morgan fingerprint density at radius 2 is 1.80 bits per heavy atom. The van der Waals surface area contributed by atoms with E-state index in [4.69, 9.17) is 10.5 Å². The number of aryl methyl sites for hydroxylation is 1. The van der Waals surface area contributed by atoms with Crippen LogP contribution in [0.2, 0.25) is 0 Å². The molecule has 208 valence electrons. The summed E-state index contributed by atoms with van der Waals surface area (Å²) in [6.07, 6.45) is 5.46. The van der Waals surface area contributed by atoms with Crippen LogP contribution in [0, 0.1) is 34.9 Å². The summed E-state index contributed by atoms with van der Waals surface area (Å²) < 4.78 is 21.1. The first kappa shape index (κ1) is 26.7. The van der Waals surface area contributed by atoms with Gasteiger partial charge in [0.25, 0.3) is 0 Å². The summed E-state index contributed by atoms with van der Waals surface area (Å²) in [5, 5.41) is 10.2. The highest BCUT2D eigenvalue weighted by atomic mass is 19.1. The Hall–Kier alpha value is -3.47. The van der Waals surface area contributed by atoms with Crippen LogP contribution in [0.25, 0.3) is 0 Å². The highest BCUT2D eigenvalue weighted by Crippen LogP contribution is 2.59. The largest absolute Gasteiger partial charge is 0.378 e. The van der Waals surface area contributed by atoms with Crippen LogP contribution in [0.4, 0.5) is 10.1 Å². The van der Waals surface area contributed by atoms with Crippen LogP contribution in [0.15, 0.2) is 65.8 Å². The third-order valence-corrected chi connectivity index (χ3v) is 9.62. The molecule has 3 fully saturated rings. The number of amides is 1. The molecule has 2 N–H and O–H groups in total. The first-order valence-electron chi connectivity index (χ1n) is 14.5. The van der Waals surface area contributed by atoms with E-state index in [0.717, 1.165) is 31.6 Å². The molecule has 2 aliphatic carbocycles. The van der Waals surface area contributed by atoms with Gasteiger partial charge in [0, 0.05) is 49.3 Å². The molecule has 0 spiro atoms. The number of carbonyl (C=O) groups is 1. The number of piperidine rings is 1. The molecular formula is C33H37FN4O2. The fourth-order valence-corrected chi connectivity index (χ4v) is 7.27. The van der Waals surface area contributed by atoms with Gasteiger partial charge in [0.05, 0.1) is 25.0 Å². The number of anilines is 1. The minimum Gasteiger partial charge on any atom is -0.378 e. The normalized spacial score (nSPS) is 27.9. The fourth-order valence-electron chi connectivity index (χ4n) is 7.27. The Labute approximate surface area is 235 Å². The summed E-state index contributed by atoms with van der Waals surface area (Å²) in [6, 6.07) is 16.7. The van der Waals surface area contributed by atoms with Crippen LogP contribution < -0.4 is 10.6 Å². The average Bonchev–Trinajstić information content (AvgIpc) is 3.40. The van der Waals surface area contributed by atoms with Gasteiger partial charge in [-0.25, -0.2) is 4.39 Å². The number of hydrogen-bond donors (Lipinski definition) is 1. The van der Waals surface area contributed by atoms with Gasteiger partial charge in [-0.1, -0.05) is 43.3 Å². The lowest BCUT2D eigenvalue weighted by molar-refractivity contribution is -0.114. The molecule has 0 bridgehead atoms. The van der Waals surface area contributed by atoms with Gasteiger partial charge >= 0.3 is 0 Å². The van der Waals surface area contributed by atoms with E-state index in [-0.39, 0.29) is 5.82 Å². The van der Waals surface area contributed by atoms with Crippen LogP contribution in [-0.2, 0) is 27.9 Å². The van der Waals surface area contributed by atoms with Crippen LogP contribution in [0.3, 0.4) is 0 Å². The lowest BCUT2D eigenvalue weighted by Crippen LogP contribution is -2.37. The molecule has 0 radical (unpaired) electrons. The number of benzene rings is 2. The third-order valence-electron chi connectivity index (χ3n) is 9.62. The van der Waals surface area contributed by atoms with Crippen molar-refractivity contribution in [3.63, 3.8) is 0 Å². The van der Waals surface area contributed by atoms with Gasteiger partial charge in [-0.3, -0.25) is 9.69 Å². The zero-order chi connectivity index (χ0) is 27.9. The number of fused-ring (bicyclic) bond motifs is 1. The lowest BCUT2D eigenvalue weighted by atomic mass is 9.64. The highest BCUT2D eigenvalue weighted by Gasteiger charge is 2.58. The Balaban J connectivity index is 1.23. The number of hydrogen-bond acceptors (Lipinski definition) is 5. The first-order valence-corrected chi connectivity index (χ1v) is 14.5. The molecule has 4 aliphatic rings. The van der Waals surface area contributed by atoms with Gasteiger partial charge in [0.15, 0.2) is 0 Å². The zero-order valence-electron chi connectivity index (χ0n) is 23.1. The lowest BCUT2D eigenvalue weighted by Gasteiger charge is -2.38. The van der Waals surface area contributed by atoms with Crippen molar-refractivity contribution in [2.75, 3.05) is 44.3 Å². The molecule has 2 aliphatic heterocycles. The number of primary amides is 1. The van der Waals surface area contributed by atoms with Crippen molar-refractivity contribution in [3.8, 4) is 6.07 Å². The Morgan fingerprint density at radius 1 is 1.10 bits per heavy atom. The predicted octanol–water partition coefficient (Wildman–Crippen LogP) is 4.50. The number of morpholine rings is 1. The molecule has 3 atom stereocenters. The topological polar surface area (TPSA) is 82.6 Å². The Kier molecular flexibility index (Phi) is 7.24. The minimum absolute atomic E-state index is 0.303. The number of ether oxygens (including phenoxy) is 1. The summed E-state index contributed by atoms with van der Waals surface area (Å²) in [6.45, 7) is 7.60. The van der Waals surface area contributed by atoms with E-state index in [0.29, 0.717) is 73.7 Å². The smallest absolute Gasteiger partial charge is 0.244 e. The number of allylic oxidation sites excluding steroid dienone is 3. The van der Waals surface area contributed by atoms with Gasteiger partial charge in [-0.2, -0.15) is 5.26 Å². The summed E-state index contributed by atoms with van der Waals surface area (Å²) in [4.78, 5) is 16.8. The first-order chi connectivity index (χ1) is 19.4. The fraction of sp³-hybridized carbons (Fsp3) is 0.455. The van der Waals surface area contributed by atoms with Crippen molar-refractivity contribution < 1.29 is 13.9 Å². The molecular weight excluding hydrogens is 503 g/mol. The van der Waals surface area contributed by atoms with Crippen LogP contribution in [0.5, 0.6) is 0 Å². The molecule has 40 heavy (non-hydrogen) atoms. The van der Waals surface area contributed by atoms with E-state index in [1.165, 1.54) is 11.1 Å². The average molecular weight is 541 g/mol. The van der Waals surface area contributed by atoms with Gasteiger partial charge < -0.3 is 15.4 Å². The van der Waals surface area contributed by atoms with Crippen LogP contribution in [0.1, 0.15) is 36.5 Å². The second-order valence-electron chi connectivity index (χ2n) is 11.8. The van der Waals surface area contributed by atoms with Crippen molar-refractivity contribution in [1.82, 2.24) is 4.90 Å². The number of nitriles is 1. The van der Waals surface area contributed by atoms with Crippen molar-refractivity contribution in [2.45, 2.75) is 38.1 Å². The number of rotatable bonds is 8. The molecule has 3 unspecified atom stereocenters. The standard InChI is InChI=1S/C33H37FN4O2/c1-2-22-3-5-23(6-4-22)19-37-20-28-27(29(28)21-37)17-33(16-24(32(36)39)7-8-26(33)18-35)25-9-10-31(30(34)15-25)38-11-13-40-14-12-38/h3-10,15,27-29H,2,11-14,16-17,19-21H2,1H3,(H2,36,39). The van der Waals surface area contributed by atoms with Crippen molar-refractivity contribution in [3.05, 3.63) is 88.3 Å². The van der Waals surface area contributed by atoms with E-state index in [9.17, 15) is 10.1 Å². The molecule has 2 aromatic rings. The molecule has 7 heteroatoms. The third kappa shape index (κ3) is 4.95. The van der Waals surface area contributed by atoms with Gasteiger partial charge in [0.1, 0.15) is 5.82 Å². The quantitative estimate of drug-likeness (QED) is 0.533. The summed E-state index contributed by atoms with van der Waals surface area (Å²) in [7, 11) is 0. The minimum atomic E-state index is -0.770. The summed E-state index contributed by atoms with van der Waals surface area (Å²) >= 11 is 0. The van der Waals surface area contributed by atoms with Crippen LogP contribution in [-0.4, -0.2) is 50.2 Å². The molecule has 6 rings (SSSR count). The Bertz CT molecular complexity index is 1380. The van der Waals surface area contributed by atoms with Crippen molar-refractivity contribution >= 4 is 11.6 Å². The number of carbonyl (C=O) groups excluding carboxylic acids is 1. The maximum absolute atomic E-state index is 15.6. The van der Waals surface area contributed by atoms with E-state index < -0.39 is 11.3 Å². The van der Waals surface area contributed by atoms with E-state index in [1.807, 2.05) is 17.0 Å². The predicted molar refractivity (Wildman–Crippen MR) is 153 cm³/mol. The van der Waals surface area contributed by atoms with Crippen molar-refractivity contribution in [1.29, 1.82) is 5.26 Å². The molecule has 2 heterocycles. The van der Waals surface area contributed by atoms with Crippen molar-refractivity contribution in [2.24, 2.45) is 23.5 Å². The van der Waals surface area contributed by atoms with Gasteiger partial charge in [-0.15, -0.1) is 0 Å². The second-order valence-corrected chi connectivity index (χ2v) is 11.8. The monoisotopic (exact) mass is 540 g/mol. The van der Waals surface area contributed by atoms with E-state index in [1.54, 1.807) is 18.2 Å². The zero-order valence-corrected chi connectivity index (χ0v) is 23.1. The highest BCUT2D eigenvalue weighted by molar-refractivity contribution is 5.93.